The minimum atomic E-state index is -3.72. The van der Waals surface area contributed by atoms with Gasteiger partial charge >= 0.3 is 0 Å². The van der Waals surface area contributed by atoms with Crippen LogP contribution >= 0.6 is 11.6 Å². The number of pyridine rings is 2. The van der Waals surface area contributed by atoms with E-state index in [0.29, 0.717) is 5.69 Å². The van der Waals surface area contributed by atoms with Crippen LogP contribution in [-0.2, 0) is 10.0 Å². The lowest BCUT2D eigenvalue weighted by molar-refractivity contribution is 0.601. The molecule has 0 aromatic carbocycles. The van der Waals surface area contributed by atoms with Crippen molar-refractivity contribution in [1.29, 1.82) is 0 Å². The monoisotopic (exact) mass is 269 g/mol. The van der Waals surface area contributed by atoms with Crippen molar-refractivity contribution in [3.63, 3.8) is 0 Å². The Labute approximate surface area is 104 Å². The molecule has 0 amide bonds. The standard InChI is InChI=1S/C10H8ClN3O2S/c11-10-9(2-1-5-13-10)17(15,16)14-8-3-6-12-7-4-8/h1-7H,(H,12,14). The van der Waals surface area contributed by atoms with Crippen molar-refractivity contribution in [2.45, 2.75) is 4.90 Å². The first kappa shape index (κ1) is 11.8. The van der Waals surface area contributed by atoms with E-state index in [-0.39, 0.29) is 10.0 Å². The maximum absolute atomic E-state index is 12.0. The molecule has 1 N–H and O–H groups in total. The molecule has 0 atom stereocenters. The fourth-order valence-electron chi connectivity index (χ4n) is 1.20. The van der Waals surface area contributed by atoms with Crippen LogP contribution in [0.2, 0.25) is 5.15 Å². The van der Waals surface area contributed by atoms with Crippen LogP contribution < -0.4 is 4.72 Å². The summed E-state index contributed by atoms with van der Waals surface area (Å²) < 4.78 is 26.3. The van der Waals surface area contributed by atoms with E-state index in [1.54, 1.807) is 12.1 Å². The van der Waals surface area contributed by atoms with Crippen LogP contribution in [0.3, 0.4) is 0 Å². The zero-order valence-corrected chi connectivity index (χ0v) is 10.1. The van der Waals surface area contributed by atoms with Gasteiger partial charge in [-0.05, 0) is 24.3 Å². The number of hydrogen-bond donors (Lipinski definition) is 1. The molecular weight excluding hydrogens is 262 g/mol. The topological polar surface area (TPSA) is 72.0 Å². The molecule has 0 aliphatic rings. The molecule has 2 aromatic heterocycles. The second-order valence-electron chi connectivity index (χ2n) is 3.13. The molecule has 5 nitrogen and oxygen atoms in total. The molecule has 0 saturated heterocycles. The minimum absolute atomic E-state index is 0.0570. The van der Waals surface area contributed by atoms with Crippen molar-refractivity contribution >= 4 is 27.3 Å². The average Bonchev–Trinajstić information content (AvgIpc) is 2.30. The third-order valence-electron chi connectivity index (χ3n) is 1.95. The second-order valence-corrected chi connectivity index (χ2v) is 5.14. The first-order chi connectivity index (χ1) is 8.09. The van der Waals surface area contributed by atoms with Crippen LogP contribution in [0.1, 0.15) is 0 Å². The Balaban J connectivity index is 2.36. The van der Waals surface area contributed by atoms with Gasteiger partial charge in [-0.3, -0.25) is 9.71 Å². The molecule has 0 aliphatic carbocycles. The molecule has 0 aliphatic heterocycles. The molecule has 7 heteroatoms. The zero-order chi connectivity index (χ0) is 12.3. The van der Waals surface area contributed by atoms with Crippen LogP contribution in [0.25, 0.3) is 0 Å². The van der Waals surface area contributed by atoms with Gasteiger partial charge in [0.2, 0.25) is 0 Å². The maximum Gasteiger partial charge on any atom is 0.264 e. The second kappa shape index (κ2) is 4.68. The van der Waals surface area contributed by atoms with Crippen LogP contribution in [-0.4, -0.2) is 18.4 Å². The van der Waals surface area contributed by atoms with Gasteiger partial charge in [0.15, 0.2) is 0 Å². The van der Waals surface area contributed by atoms with Gasteiger partial charge in [0.25, 0.3) is 10.0 Å². The Hall–Kier alpha value is -1.66. The van der Waals surface area contributed by atoms with Gasteiger partial charge in [-0.25, -0.2) is 13.4 Å². The van der Waals surface area contributed by atoms with Crippen LogP contribution in [0, 0.1) is 0 Å². The predicted octanol–water partition coefficient (Wildman–Crippen LogP) is 1.93. The van der Waals surface area contributed by atoms with E-state index in [4.69, 9.17) is 11.6 Å². The summed E-state index contributed by atoms with van der Waals surface area (Å²) in [4.78, 5) is 7.46. The predicted molar refractivity (Wildman–Crippen MR) is 64.3 cm³/mol. The molecule has 0 radical (unpaired) electrons. The Morgan fingerprint density at radius 2 is 1.82 bits per heavy atom. The molecule has 0 unspecified atom stereocenters. The van der Waals surface area contributed by atoms with E-state index in [0.717, 1.165) is 0 Å². The van der Waals surface area contributed by atoms with Crippen molar-refractivity contribution in [3.05, 3.63) is 48.0 Å². The normalized spacial score (nSPS) is 11.1. The summed E-state index contributed by atoms with van der Waals surface area (Å²) >= 11 is 5.73. The fraction of sp³-hybridized carbons (Fsp3) is 0. The largest absolute Gasteiger partial charge is 0.279 e. The van der Waals surface area contributed by atoms with E-state index in [2.05, 4.69) is 14.7 Å². The van der Waals surface area contributed by atoms with Gasteiger partial charge < -0.3 is 0 Å². The number of rotatable bonds is 3. The van der Waals surface area contributed by atoms with E-state index in [9.17, 15) is 8.42 Å². The van der Waals surface area contributed by atoms with Crippen molar-refractivity contribution in [2.24, 2.45) is 0 Å². The quantitative estimate of drug-likeness (QED) is 0.864. The van der Waals surface area contributed by atoms with E-state index in [1.165, 1.54) is 30.7 Å². The number of anilines is 1. The van der Waals surface area contributed by atoms with Gasteiger partial charge in [0.1, 0.15) is 10.0 Å². The summed E-state index contributed by atoms with van der Waals surface area (Å²) in [6, 6.07) is 5.98. The first-order valence-corrected chi connectivity index (χ1v) is 6.49. The van der Waals surface area contributed by atoms with Crippen molar-refractivity contribution < 1.29 is 8.42 Å². The van der Waals surface area contributed by atoms with Gasteiger partial charge in [0, 0.05) is 18.6 Å². The van der Waals surface area contributed by atoms with Gasteiger partial charge in [0.05, 0.1) is 5.69 Å². The highest BCUT2D eigenvalue weighted by atomic mass is 35.5. The van der Waals surface area contributed by atoms with Gasteiger partial charge in [-0.15, -0.1) is 0 Å². The van der Waals surface area contributed by atoms with E-state index < -0.39 is 10.0 Å². The SMILES string of the molecule is O=S(=O)(Nc1ccncc1)c1cccnc1Cl. The molecule has 17 heavy (non-hydrogen) atoms. The maximum atomic E-state index is 12.0. The Bertz CT molecular complexity index is 616. The molecule has 0 bridgehead atoms. The Morgan fingerprint density at radius 1 is 1.12 bits per heavy atom. The van der Waals surface area contributed by atoms with Crippen molar-refractivity contribution in [3.8, 4) is 0 Å². The van der Waals surface area contributed by atoms with Crippen LogP contribution in [0.5, 0.6) is 0 Å². The minimum Gasteiger partial charge on any atom is -0.279 e. The summed E-state index contributed by atoms with van der Waals surface area (Å²) in [5, 5.41) is -0.0611. The van der Waals surface area contributed by atoms with E-state index >= 15 is 0 Å². The van der Waals surface area contributed by atoms with Crippen molar-refractivity contribution in [1.82, 2.24) is 9.97 Å². The molecule has 88 valence electrons. The molecule has 0 fully saturated rings. The summed E-state index contributed by atoms with van der Waals surface area (Å²) in [6.07, 6.45) is 4.40. The molecular formula is C10H8ClN3O2S. The summed E-state index contributed by atoms with van der Waals surface area (Å²) in [5.74, 6) is 0. The molecule has 2 aromatic rings. The number of nitrogens with one attached hydrogen (secondary N) is 1. The van der Waals surface area contributed by atoms with Gasteiger partial charge in [-0.1, -0.05) is 11.6 Å². The molecule has 2 heterocycles. The van der Waals surface area contributed by atoms with Crippen LogP contribution in [0.4, 0.5) is 5.69 Å². The Morgan fingerprint density at radius 3 is 2.47 bits per heavy atom. The number of hydrogen-bond acceptors (Lipinski definition) is 4. The molecule has 0 saturated carbocycles. The highest BCUT2D eigenvalue weighted by Gasteiger charge is 2.18. The molecule has 0 spiro atoms. The lowest BCUT2D eigenvalue weighted by Gasteiger charge is -2.08. The third kappa shape index (κ3) is 2.72. The summed E-state index contributed by atoms with van der Waals surface area (Å²) in [6.45, 7) is 0. The number of aromatic nitrogens is 2. The van der Waals surface area contributed by atoms with Crippen LogP contribution in [0.15, 0.2) is 47.8 Å². The highest BCUT2D eigenvalue weighted by molar-refractivity contribution is 7.92. The zero-order valence-electron chi connectivity index (χ0n) is 8.54. The Kier molecular flexibility index (Phi) is 3.26. The smallest absolute Gasteiger partial charge is 0.264 e. The van der Waals surface area contributed by atoms with E-state index in [1.807, 2.05) is 0 Å². The summed E-state index contributed by atoms with van der Waals surface area (Å²) in [7, 11) is -3.72. The summed E-state index contributed by atoms with van der Waals surface area (Å²) in [5.41, 5.74) is 0.417. The number of nitrogens with zero attached hydrogens (tertiary/aromatic N) is 2. The third-order valence-corrected chi connectivity index (χ3v) is 3.77. The lowest BCUT2D eigenvalue weighted by Crippen LogP contribution is -2.13. The first-order valence-electron chi connectivity index (χ1n) is 4.63. The molecule has 2 rings (SSSR count). The highest BCUT2D eigenvalue weighted by Crippen LogP contribution is 2.20. The lowest BCUT2D eigenvalue weighted by atomic mass is 10.4. The van der Waals surface area contributed by atoms with Crippen molar-refractivity contribution in [2.75, 3.05) is 4.72 Å². The van der Waals surface area contributed by atoms with Gasteiger partial charge in [-0.2, -0.15) is 0 Å². The fourth-order valence-corrected chi connectivity index (χ4v) is 2.71. The number of sulfonamides is 1. The average molecular weight is 270 g/mol. The number of halogens is 1.